The van der Waals surface area contributed by atoms with Crippen molar-refractivity contribution in [2.75, 3.05) is 12.4 Å². The van der Waals surface area contributed by atoms with Gasteiger partial charge in [0.2, 0.25) is 5.91 Å². The first kappa shape index (κ1) is 16.8. The number of anilines is 1. The quantitative estimate of drug-likeness (QED) is 0.726. The number of thiazole rings is 1. The summed E-state index contributed by atoms with van der Waals surface area (Å²) in [6, 6.07) is 14.0. The first-order valence-corrected chi connectivity index (χ1v) is 9.60. The average molecular weight is 364 g/mol. The highest BCUT2D eigenvalue weighted by molar-refractivity contribution is 7.13. The van der Waals surface area contributed by atoms with Crippen molar-refractivity contribution in [3.8, 4) is 16.3 Å². The lowest BCUT2D eigenvalue weighted by molar-refractivity contribution is -0.115. The number of rotatable bonds is 5. The number of benzene rings is 2. The van der Waals surface area contributed by atoms with Crippen molar-refractivity contribution in [2.24, 2.45) is 0 Å². The van der Waals surface area contributed by atoms with Crippen molar-refractivity contribution < 1.29 is 9.53 Å². The normalized spacial score (nSPS) is 12.7. The summed E-state index contributed by atoms with van der Waals surface area (Å²) in [5, 5.41) is 5.85. The molecule has 4 nitrogen and oxygen atoms in total. The fraction of sp³-hybridized carbons (Fsp3) is 0.238. The third kappa shape index (κ3) is 3.63. The highest BCUT2D eigenvalue weighted by Gasteiger charge is 2.13. The molecule has 132 valence electrons. The first-order valence-electron chi connectivity index (χ1n) is 8.72. The molecule has 1 N–H and O–H groups in total. The van der Waals surface area contributed by atoms with Crippen LogP contribution in [0.15, 0.2) is 47.8 Å². The van der Waals surface area contributed by atoms with Gasteiger partial charge in [0.05, 0.1) is 19.2 Å². The van der Waals surface area contributed by atoms with Crippen LogP contribution in [0, 0.1) is 0 Å². The van der Waals surface area contributed by atoms with Crippen LogP contribution in [0.4, 0.5) is 5.69 Å². The summed E-state index contributed by atoms with van der Waals surface area (Å²) in [5.74, 6) is 0.786. The molecule has 2 aromatic carbocycles. The minimum absolute atomic E-state index is 0.0328. The molecule has 0 aliphatic heterocycles. The molecule has 0 saturated carbocycles. The molecule has 0 fully saturated rings. The van der Waals surface area contributed by atoms with Crippen LogP contribution in [-0.2, 0) is 24.1 Å². The molecule has 0 unspecified atom stereocenters. The third-order valence-corrected chi connectivity index (χ3v) is 5.55. The molecule has 5 heteroatoms. The van der Waals surface area contributed by atoms with E-state index >= 15 is 0 Å². The highest BCUT2D eigenvalue weighted by Crippen LogP contribution is 2.27. The Kier molecular flexibility index (Phi) is 4.71. The lowest BCUT2D eigenvalue weighted by Crippen LogP contribution is -2.14. The van der Waals surface area contributed by atoms with Crippen molar-refractivity contribution in [3.63, 3.8) is 0 Å². The zero-order chi connectivity index (χ0) is 17.9. The van der Waals surface area contributed by atoms with Crippen LogP contribution in [0.2, 0.25) is 0 Å². The number of aromatic nitrogens is 1. The molecule has 3 aromatic rings. The minimum Gasteiger partial charge on any atom is -0.497 e. The van der Waals surface area contributed by atoms with Crippen LogP contribution < -0.4 is 10.1 Å². The predicted molar refractivity (Wildman–Crippen MR) is 105 cm³/mol. The van der Waals surface area contributed by atoms with Crippen LogP contribution >= 0.6 is 11.3 Å². The Hall–Kier alpha value is -2.66. The van der Waals surface area contributed by atoms with Crippen molar-refractivity contribution in [1.82, 2.24) is 4.98 Å². The number of carbonyl (C=O) groups is 1. The first-order chi connectivity index (χ1) is 12.7. The average Bonchev–Trinajstić information content (AvgIpc) is 3.30. The number of nitrogens with one attached hydrogen (secondary N) is 1. The molecule has 1 aromatic heterocycles. The van der Waals surface area contributed by atoms with Gasteiger partial charge in [0, 0.05) is 16.6 Å². The Morgan fingerprint density at radius 2 is 1.96 bits per heavy atom. The molecule has 0 saturated heterocycles. The lowest BCUT2D eigenvalue weighted by Gasteiger charge is -2.06. The van der Waals surface area contributed by atoms with E-state index in [-0.39, 0.29) is 12.3 Å². The van der Waals surface area contributed by atoms with Crippen molar-refractivity contribution in [1.29, 1.82) is 0 Å². The van der Waals surface area contributed by atoms with E-state index in [9.17, 15) is 4.79 Å². The molecule has 1 amide bonds. The Labute approximate surface area is 156 Å². The van der Waals surface area contributed by atoms with E-state index in [1.165, 1.54) is 17.5 Å². The van der Waals surface area contributed by atoms with E-state index in [2.05, 4.69) is 22.4 Å². The Balaban J connectivity index is 1.41. The number of fused-ring (bicyclic) bond motifs is 1. The van der Waals surface area contributed by atoms with Crippen molar-refractivity contribution >= 4 is 22.9 Å². The molecular formula is C21H20N2O2S. The van der Waals surface area contributed by atoms with E-state index in [1.54, 1.807) is 18.4 Å². The van der Waals surface area contributed by atoms with E-state index in [0.717, 1.165) is 40.5 Å². The maximum Gasteiger partial charge on any atom is 0.230 e. The van der Waals surface area contributed by atoms with Crippen LogP contribution in [0.25, 0.3) is 10.6 Å². The van der Waals surface area contributed by atoms with Gasteiger partial charge in [-0.3, -0.25) is 4.79 Å². The fourth-order valence-electron chi connectivity index (χ4n) is 3.27. The van der Waals surface area contributed by atoms with E-state index < -0.39 is 0 Å². The summed E-state index contributed by atoms with van der Waals surface area (Å²) in [5.41, 5.74) is 5.46. The van der Waals surface area contributed by atoms with E-state index in [4.69, 9.17) is 4.74 Å². The van der Waals surface area contributed by atoms with Gasteiger partial charge in [-0.2, -0.15) is 0 Å². The summed E-state index contributed by atoms with van der Waals surface area (Å²) >= 11 is 1.55. The molecule has 26 heavy (non-hydrogen) atoms. The SMILES string of the molecule is COc1ccc(-c2nc(CC(=O)Nc3ccc4c(c3)CCC4)cs2)cc1. The third-order valence-electron chi connectivity index (χ3n) is 4.61. The Bertz CT molecular complexity index is 931. The number of nitrogens with zero attached hydrogens (tertiary/aromatic N) is 1. The largest absolute Gasteiger partial charge is 0.497 e. The van der Waals surface area contributed by atoms with Gasteiger partial charge in [-0.05, 0) is 66.8 Å². The molecule has 0 bridgehead atoms. The van der Waals surface area contributed by atoms with Crippen LogP contribution in [-0.4, -0.2) is 18.0 Å². The summed E-state index contributed by atoms with van der Waals surface area (Å²) in [6.45, 7) is 0. The summed E-state index contributed by atoms with van der Waals surface area (Å²) in [4.78, 5) is 16.9. The van der Waals surface area contributed by atoms with Crippen molar-refractivity contribution in [3.05, 3.63) is 64.7 Å². The number of ether oxygens (including phenoxy) is 1. The van der Waals surface area contributed by atoms with E-state index in [0.29, 0.717) is 0 Å². The molecule has 1 aliphatic rings. The molecule has 1 heterocycles. The summed E-state index contributed by atoms with van der Waals surface area (Å²) in [7, 11) is 1.65. The number of aryl methyl sites for hydroxylation is 2. The van der Waals surface area contributed by atoms with Gasteiger partial charge in [-0.15, -0.1) is 11.3 Å². The topological polar surface area (TPSA) is 51.2 Å². The molecular weight excluding hydrogens is 344 g/mol. The smallest absolute Gasteiger partial charge is 0.230 e. The second-order valence-electron chi connectivity index (χ2n) is 6.43. The molecule has 0 atom stereocenters. The molecule has 4 rings (SSSR count). The van der Waals surface area contributed by atoms with Crippen LogP contribution in [0.5, 0.6) is 5.75 Å². The summed E-state index contributed by atoms with van der Waals surface area (Å²) in [6.07, 6.45) is 3.75. The monoisotopic (exact) mass is 364 g/mol. The number of hydrogen-bond acceptors (Lipinski definition) is 4. The predicted octanol–water partition coefficient (Wildman–Crippen LogP) is 4.49. The second kappa shape index (κ2) is 7.30. The Morgan fingerprint density at radius 3 is 2.77 bits per heavy atom. The maximum atomic E-state index is 12.3. The van der Waals surface area contributed by atoms with Crippen molar-refractivity contribution in [2.45, 2.75) is 25.7 Å². The second-order valence-corrected chi connectivity index (χ2v) is 7.29. The number of methoxy groups -OCH3 is 1. The minimum atomic E-state index is -0.0328. The van der Waals surface area contributed by atoms with Gasteiger partial charge in [0.25, 0.3) is 0 Å². The number of amides is 1. The fourth-order valence-corrected chi connectivity index (χ4v) is 4.10. The zero-order valence-electron chi connectivity index (χ0n) is 14.6. The zero-order valence-corrected chi connectivity index (χ0v) is 15.4. The molecule has 0 radical (unpaired) electrons. The molecule has 0 spiro atoms. The molecule has 1 aliphatic carbocycles. The lowest BCUT2D eigenvalue weighted by atomic mass is 10.1. The number of hydrogen-bond donors (Lipinski definition) is 1. The van der Waals surface area contributed by atoms with Gasteiger partial charge in [0.15, 0.2) is 0 Å². The van der Waals surface area contributed by atoms with Gasteiger partial charge < -0.3 is 10.1 Å². The van der Waals surface area contributed by atoms with Gasteiger partial charge in [-0.25, -0.2) is 4.98 Å². The Morgan fingerprint density at radius 1 is 1.15 bits per heavy atom. The van der Waals surface area contributed by atoms with Gasteiger partial charge in [0.1, 0.15) is 10.8 Å². The van der Waals surface area contributed by atoms with E-state index in [1.807, 2.05) is 35.7 Å². The maximum absolute atomic E-state index is 12.3. The summed E-state index contributed by atoms with van der Waals surface area (Å²) < 4.78 is 5.18. The number of carbonyl (C=O) groups excluding carboxylic acids is 1. The van der Waals surface area contributed by atoms with Gasteiger partial charge in [-0.1, -0.05) is 6.07 Å². The van der Waals surface area contributed by atoms with Crippen LogP contribution in [0.1, 0.15) is 23.2 Å². The van der Waals surface area contributed by atoms with Gasteiger partial charge >= 0.3 is 0 Å². The van der Waals surface area contributed by atoms with Crippen LogP contribution in [0.3, 0.4) is 0 Å². The standard InChI is InChI=1S/C21H20N2O2S/c1-25-19-9-6-15(7-10-19)21-23-18(13-26-21)12-20(24)22-17-8-5-14-3-2-4-16(14)11-17/h5-11,13H,2-4,12H2,1H3,(H,22,24). The highest BCUT2D eigenvalue weighted by atomic mass is 32.1.